The molecule has 1 aromatic heterocycles. The molecule has 1 aromatic rings. The highest BCUT2D eigenvalue weighted by Gasteiger charge is 1.86. The van der Waals surface area contributed by atoms with E-state index < -0.39 is 0 Å². The van der Waals surface area contributed by atoms with Crippen LogP contribution in [-0.2, 0) is 6.54 Å². The van der Waals surface area contributed by atoms with E-state index >= 15 is 0 Å². The molecule has 0 atom stereocenters. The molecule has 0 saturated carbocycles. The van der Waals surface area contributed by atoms with Crippen molar-refractivity contribution in [2.24, 2.45) is 5.73 Å². The number of nitrogens with zero attached hydrogens (tertiary/aromatic N) is 1. The van der Waals surface area contributed by atoms with Gasteiger partial charge in [0, 0.05) is 25.5 Å². The molecule has 3 N–H and O–H groups in total. The van der Waals surface area contributed by atoms with E-state index in [2.05, 4.69) is 4.98 Å². The average molecular weight is 143 g/mol. The summed E-state index contributed by atoms with van der Waals surface area (Å²) in [5.41, 5.74) is 5.31. The second-order valence-electron chi connectivity index (χ2n) is 1.75. The van der Waals surface area contributed by atoms with Crippen molar-refractivity contribution in [3.8, 4) is 0 Å². The van der Waals surface area contributed by atoms with Gasteiger partial charge in [0.2, 0.25) is 0 Å². The summed E-state index contributed by atoms with van der Waals surface area (Å²) in [5.74, 6) is 0. The van der Waals surface area contributed by atoms with Crippen molar-refractivity contribution in [2.75, 3.05) is 6.54 Å². The molecule has 9 heavy (non-hydrogen) atoms. The molecule has 3 nitrogen and oxygen atoms in total. The molecule has 0 fully saturated rings. The Morgan fingerprint density at radius 2 is 2.56 bits per heavy atom. The summed E-state index contributed by atoms with van der Waals surface area (Å²) >= 11 is 4.90. The van der Waals surface area contributed by atoms with Crippen LogP contribution in [0.5, 0.6) is 0 Å². The highest BCUT2D eigenvalue weighted by Crippen LogP contribution is 1.87. The molecule has 0 amide bonds. The van der Waals surface area contributed by atoms with Crippen molar-refractivity contribution in [3.63, 3.8) is 0 Å². The van der Waals surface area contributed by atoms with E-state index in [0.717, 1.165) is 11.3 Å². The van der Waals surface area contributed by atoms with Gasteiger partial charge in [0.25, 0.3) is 0 Å². The summed E-state index contributed by atoms with van der Waals surface area (Å²) in [7, 11) is 0. The summed E-state index contributed by atoms with van der Waals surface area (Å²) in [4.78, 5) is 2.88. The van der Waals surface area contributed by atoms with Gasteiger partial charge in [-0.2, -0.15) is 0 Å². The van der Waals surface area contributed by atoms with E-state index in [0.29, 0.717) is 6.54 Å². The Morgan fingerprint density at radius 3 is 3.00 bits per heavy atom. The van der Waals surface area contributed by atoms with Gasteiger partial charge in [0.15, 0.2) is 4.77 Å². The van der Waals surface area contributed by atoms with E-state index in [1.165, 1.54) is 0 Å². The molecule has 1 rings (SSSR count). The maximum Gasteiger partial charge on any atom is 0.177 e. The lowest BCUT2D eigenvalue weighted by molar-refractivity contribution is 0.698. The minimum Gasteiger partial charge on any atom is -0.337 e. The first-order valence-electron chi connectivity index (χ1n) is 2.78. The van der Waals surface area contributed by atoms with Gasteiger partial charge < -0.3 is 15.3 Å². The maximum atomic E-state index is 5.31. The number of nitrogens with one attached hydrogen (secondary N) is 1. The second kappa shape index (κ2) is 2.80. The molecule has 0 unspecified atom stereocenters. The molecular weight excluding hydrogens is 134 g/mol. The standard InChI is InChI=1S/C5H9N3S/c6-1-3-8-4-2-7-5(8)9/h2,4H,1,3,6H2,(H,7,9). The molecule has 0 spiro atoms. The summed E-state index contributed by atoms with van der Waals surface area (Å²) in [5, 5.41) is 0. The molecule has 0 aliphatic carbocycles. The Labute approximate surface area is 58.5 Å². The van der Waals surface area contributed by atoms with E-state index in [4.69, 9.17) is 18.0 Å². The van der Waals surface area contributed by atoms with Crippen LogP contribution in [0.2, 0.25) is 0 Å². The van der Waals surface area contributed by atoms with Gasteiger partial charge in [-0.15, -0.1) is 0 Å². The van der Waals surface area contributed by atoms with Crippen LogP contribution >= 0.6 is 12.2 Å². The van der Waals surface area contributed by atoms with Crippen molar-refractivity contribution in [2.45, 2.75) is 6.54 Å². The largest absolute Gasteiger partial charge is 0.337 e. The van der Waals surface area contributed by atoms with Gasteiger partial charge in [-0.3, -0.25) is 0 Å². The highest BCUT2D eigenvalue weighted by atomic mass is 32.1. The van der Waals surface area contributed by atoms with Crippen LogP contribution in [0.1, 0.15) is 0 Å². The quantitative estimate of drug-likeness (QED) is 0.592. The van der Waals surface area contributed by atoms with Gasteiger partial charge in [-0.25, -0.2) is 0 Å². The zero-order chi connectivity index (χ0) is 6.69. The normalized spacial score (nSPS) is 9.89. The van der Waals surface area contributed by atoms with E-state index in [-0.39, 0.29) is 0 Å². The zero-order valence-electron chi connectivity index (χ0n) is 5.00. The third kappa shape index (κ3) is 1.40. The number of aromatic amines is 1. The van der Waals surface area contributed by atoms with Crippen LogP contribution in [0.3, 0.4) is 0 Å². The van der Waals surface area contributed by atoms with Gasteiger partial charge in [0.05, 0.1) is 0 Å². The SMILES string of the molecule is NCCn1cc[nH]c1=S. The van der Waals surface area contributed by atoms with Crippen molar-refractivity contribution in [1.29, 1.82) is 0 Å². The third-order valence-electron chi connectivity index (χ3n) is 1.09. The van der Waals surface area contributed by atoms with Gasteiger partial charge in [0.1, 0.15) is 0 Å². The molecule has 0 aliphatic rings. The number of hydrogen-bond acceptors (Lipinski definition) is 2. The first-order valence-corrected chi connectivity index (χ1v) is 3.19. The Kier molecular flexibility index (Phi) is 2.02. The summed E-state index contributed by atoms with van der Waals surface area (Å²) in [6.45, 7) is 1.43. The highest BCUT2D eigenvalue weighted by molar-refractivity contribution is 7.71. The van der Waals surface area contributed by atoms with Gasteiger partial charge in [-0.1, -0.05) is 0 Å². The third-order valence-corrected chi connectivity index (χ3v) is 1.44. The van der Waals surface area contributed by atoms with E-state index in [9.17, 15) is 0 Å². The number of aromatic nitrogens is 2. The molecule has 0 saturated heterocycles. The maximum absolute atomic E-state index is 5.31. The number of hydrogen-bond donors (Lipinski definition) is 2. The van der Waals surface area contributed by atoms with Gasteiger partial charge in [-0.05, 0) is 12.2 Å². The molecule has 50 valence electrons. The molecular formula is C5H9N3S. The number of rotatable bonds is 2. The minimum absolute atomic E-state index is 0.631. The first-order chi connectivity index (χ1) is 4.34. The van der Waals surface area contributed by atoms with Crippen LogP contribution in [0, 0.1) is 4.77 Å². The second-order valence-corrected chi connectivity index (χ2v) is 2.13. The number of imidazole rings is 1. The van der Waals surface area contributed by atoms with Crippen LogP contribution in [0.4, 0.5) is 0 Å². The molecule has 0 radical (unpaired) electrons. The van der Waals surface area contributed by atoms with Crippen molar-refractivity contribution >= 4 is 12.2 Å². The zero-order valence-corrected chi connectivity index (χ0v) is 5.82. The van der Waals surface area contributed by atoms with Crippen LogP contribution < -0.4 is 5.73 Å². The fourth-order valence-electron chi connectivity index (χ4n) is 0.664. The summed E-state index contributed by atoms with van der Waals surface area (Å²) in [6, 6.07) is 0. The van der Waals surface area contributed by atoms with Gasteiger partial charge >= 0.3 is 0 Å². The Morgan fingerprint density at radius 1 is 1.78 bits per heavy atom. The summed E-state index contributed by atoms with van der Waals surface area (Å²) in [6.07, 6.45) is 3.69. The Balaban J connectivity index is 2.81. The number of H-pyrrole nitrogens is 1. The van der Waals surface area contributed by atoms with E-state index in [1.807, 2.05) is 10.8 Å². The van der Waals surface area contributed by atoms with Crippen molar-refractivity contribution < 1.29 is 0 Å². The lowest BCUT2D eigenvalue weighted by atomic mass is 10.6. The van der Waals surface area contributed by atoms with Crippen LogP contribution in [0.25, 0.3) is 0 Å². The lowest BCUT2D eigenvalue weighted by Gasteiger charge is -1.94. The lowest BCUT2D eigenvalue weighted by Crippen LogP contribution is -2.08. The van der Waals surface area contributed by atoms with Crippen LogP contribution in [-0.4, -0.2) is 16.1 Å². The number of nitrogens with two attached hydrogens (primary N) is 1. The topological polar surface area (TPSA) is 46.7 Å². The van der Waals surface area contributed by atoms with Crippen LogP contribution in [0.15, 0.2) is 12.4 Å². The average Bonchev–Trinajstić information content (AvgIpc) is 2.18. The summed E-state index contributed by atoms with van der Waals surface area (Å²) < 4.78 is 2.63. The smallest absolute Gasteiger partial charge is 0.177 e. The molecule has 0 bridgehead atoms. The minimum atomic E-state index is 0.631. The molecule has 1 heterocycles. The molecule has 4 heteroatoms. The monoisotopic (exact) mass is 143 g/mol. The predicted octanol–water partition coefficient (Wildman–Crippen LogP) is 0.504. The Bertz CT molecular complexity index is 224. The van der Waals surface area contributed by atoms with E-state index in [1.54, 1.807) is 6.20 Å². The van der Waals surface area contributed by atoms with Crippen molar-refractivity contribution in [1.82, 2.24) is 9.55 Å². The predicted molar refractivity (Wildman–Crippen MR) is 38.7 cm³/mol. The first kappa shape index (κ1) is 6.51. The molecule has 0 aliphatic heterocycles. The fourth-order valence-corrected chi connectivity index (χ4v) is 0.884. The Hall–Kier alpha value is -0.610. The molecule has 0 aromatic carbocycles. The van der Waals surface area contributed by atoms with Crippen molar-refractivity contribution in [3.05, 3.63) is 17.2 Å². The fraction of sp³-hybridized carbons (Fsp3) is 0.400.